The third kappa shape index (κ3) is 2.57. The SMILES string of the molecule is CCN(CCC#N)c1nc(N)c(F)cc1F. The zero-order valence-corrected chi connectivity index (χ0v) is 8.87. The molecule has 0 aliphatic rings. The lowest BCUT2D eigenvalue weighted by Gasteiger charge is -2.21. The van der Waals surface area contributed by atoms with Crippen molar-refractivity contribution in [2.24, 2.45) is 0 Å². The van der Waals surface area contributed by atoms with E-state index in [1.807, 2.05) is 6.07 Å². The summed E-state index contributed by atoms with van der Waals surface area (Å²) in [4.78, 5) is 5.18. The van der Waals surface area contributed by atoms with E-state index in [1.54, 1.807) is 6.92 Å². The predicted molar refractivity (Wildman–Crippen MR) is 56.7 cm³/mol. The molecule has 0 spiro atoms. The first-order valence-electron chi connectivity index (χ1n) is 4.83. The topological polar surface area (TPSA) is 65.9 Å². The number of nitrogen functional groups attached to an aromatic ring is 1. The predicted octanol–water partition coefficient (Wildman–Crippen LogP) is 1.68. The second kappa shape index (κ2) is 5.26. The maximum absolute atomic E-state index is 13.4. The highest BCUT2D eigenvalue weighted by atomic mass is 19.1. The molecule has 1 aromatic heterocycles. The van der Waals surface area contributed by atoms with Gasteiger partial charge in [0.25, 0.3) is 0 Å². The molecule has 0 saturated heterocycles. The molecule has 0 aromatic carbocycles. The number of nitrogens with two attached hydrogens (primary N) is 1. The van der Waals surface area contributed by atoms with Crippen molar-refractivity contribution in [2.45, 2.75) is 13.3 Å². The number of rotatable bonds is 4. The summed E-state index contributed by atoms with van der Waals surface area (Å²) in [5.41, 5.74) is 5.27. The number of aromatic nitrogens is 1. The Bertz CT molecular complexity index is 414. The number of pyridine rings is 1. The minimum atomic E-state index is -0.877. The van der Waals surface area contributed by atoms with Crippen LogP contribution in [0.1, 0.15) is 13.3 Å². The average molecular weight is 226 g/mol. The molecule has 1 aromatic rings. The lowest BCUT2D eigenvalue weighted by atomic mass is 10.3. The minimum absolute atomic E-state index is 0.0170. The van der Waals surface area contributed by atoms with Gasteiger partial charge in [-0.15, -0.1) is 0 Å². The van der Waals surface area contributed by atoms with Gasteiger partial charge in [0.1, 0.15) is 0 Å². The van der Waals surface area contributed by atoms with Gasteiger partial charge in [-0.25, -0.2) is 13.8 Å². The Balaban J connectivity index is 3.01. The van der Waals surface area contributed by atoms with Gasteiger partial charge in [-0.05, 0) is 6.92 Å². The number of hydrogen-bond donors (Lipinski definition) is 1. The van der Waals surface area contributed by atoms with Gasteiger partial charge in [0, 0.05) is 19.2 Å². The van der Waals surface area contributed by atoms with Gasteiger partial charge in [-0.3, -0.25) is 0 Å². The number of anilines is 2. The standard InChI is InChI=1S/C10H12F2N4/c1-2-16(5-3-4-13)10-8(12)6-7(11)9(14)15-10/h6H,2-3,5H2,1H3,(H2,14,15). The molecule has 0 unspecified atom stereocenters. The molecule has 0 aliphatic heterocycles. The highest BCUT2D eigenvalue weighted by Gasteiger charge is 2.14. The third-order valence-corrected chi connectivity index (χ3v) is 2.11. The van der Waals surface area contributed by atoms with E-state index in [0.717, 1.165) is 0 Å². The summed E-state index contributed by atoms with van der Waals surface area (Å²) in [6.45, 7) is 2.59. The van der Waals surface area contributed by atoms with Crippen molar-refractivity contribution in [3.63, 3.8) is 0 Å². The van der Waals surface area contributed by atoms with Crippen LogP contribution in [0.15, 0.2) is 6.07 Å². The molecular weight excluding hydrogens is 214 g/mol. The maximum atomic E-state index is 13.4. The van der Waals surface area contributed by atoms with Crippen molar-refractivity contribution >= 4 is 11.6 Å². The third-order valence-electron chi connectivity index (χ3n) is 2.11. The quantitative estimate of drug-likeness (QED) is 0.848. The summed E-state index contributed by atoms with van der Waals surface area (Å²) in [6, 6.07) is 2.65. The fraction of sp³-hybridized carbons (Fsp3) is 0.400. The molecule has 1 rings (SSSR count). The first kappa shape index (κ1) is 12.2. The van der Waals surface area contributed by atoms with Crippen LogP contribution in [0.2, 0.25) is 0 Å². The first-order chi connectivity index (χ1) is 7.60. The molecule has 0 aliphatic carbocycles. The molecule has 0 fully saturated rings. The van der Waals surface area contributed by atoms with Gasteiger partial charge in [-0.1, -0.05) is 0 Å². The van der Waals surface area contributed by atoms with Crippen molar-refractivity contribution in [1.29, 1.82) is 5.26 Å². The Hall–Kier alpha value is -1.90. The molecule has 1 heterocycles. The summed E-state index contributed by atoms with van der Waals surface area (Å²) in [5.74, 6) is -2.01. The normalized spacial score (nSPS) is 9.88. The Morgan fingerprint density at radius 1 is 1.50 bits per heavy atom. The van der Waals surface area contributed by atoms with Crippen LogP contribution in [0.3, 0.4) is 0 Å². The van der Waals surface area contributed by atoms with E-state index in [-0.39, 0.29) is 18.1 Å². The van der Waals surface area contributed by atoms with E-state index >= 15 is 0 Å². The Kier molecular flexibility index (Phi) is 4.00. The molecule has 0 radical (unpaired) electrons. The fourth-order valence-corrected chi connectivity index (χ4v) is 1.29. The van der Waals surface area contributed by atoms with Crippen LogP contribution in [0, 0.1) is 23.0 Å². The summed E-state index contributed by atoms with van der Waals surface area (Å²) >= 11 is 0. The fourth-order valence-electron chi connectivity index (χ4n) is 1.29. The molecule has 6 heteroatoms. The Morgan fingerprint density at radius 3 is 2.75 bits per heavy atom. The van der Waals surface area contributed by atoms with E-state index in [0.29, 0.717) is 19.2 Å². The summed E-state index contributed by atoms with van der Waals surface area (Å²) in [6.07, 6.45) is 0.242. The molecule has 0 saturated carbocycles. The maximum Gasteiger partial charge on any atom is 0.168 e. The number of nitrogens with zero attached hydrogens (tertiary/aromatic N) is 3. The van der Waals surface area contributed by atoms with Crippen molar-refractivity contribution in [3.8, 4) is 6.07 Å². The molecule has 86 valence electrons. The summed E-state index contributed by atoms with van der Waals surface area (Å²) < 4.78 is 26.3. The van der Waals surface area contributed by atoms with Crippen molar-refractivity contribution < 1.29 is 8.78 Å². The number of halogens is 2. The number of nitriles is 1. The van der Waals surface area contributed by atoms with Crippen LogP contribution in [-0.2, 0) is 0 Å². The summed E-state index contributed by atoms with van der Waals surface area (Å²) in [7, 11) is 0. The zero-order valence-electron chi connectivity index (χ0n) is 8.87. The van der Waals surface area contributed by atoms with Gasteiger partial charge >= 0.3 is 0 Å². The molecule has 0 atom stereocenters. The lowest BCUT2D eigenvalue weighted by molar-refractivity contribution is 0.571. The lowest BCUT2D eigenvalue weighted by Crippen LogP contribution is -2.26. The second-order valence-corrected chi connectivity index (χ2v) is 3.15. The largest absolute Gasteiger partial charge is 0.381 e. The van der Waals surface area contributed by atoms with Crippen LogP contribution < -0.4 is 10.6 Å². The summed E-state index contributed by atoms with van der Waals surface area (Å²) in [5, 5.41) is 8.45. The van der Waals surface area contributed by atoms with Crippen LogP contribution in [0.25, 0.3) is 0 Å². The van der Waals surface area contributed by atoms with Gasteiger partial charge in [-0.2, -0.15) is 5.26 Å². The highest BCUT2D eigenvalue weighted by Crippen LogP contribution is 2.20. The monoisotopic (exact) mass is 226 g/mol. The van der Waals surface area contributed by atoms with E-state index in [9.17, 15) is 8.78 Å². The molecule has 0 amide bonds. The minimum Gasteiger partial charge on any atom is -0.381 e. The van der Waals surface area contributed by atoms with Crippen LogP contribution in [-0.4, -0.2) is 18.1 Å². The Morgan fingerprint density at radius 2 is 2.19 bits per heavy atom. The number of hydrogen-bond acceptors (Lipinski definition) is 4. The van der Waals surface area contributed by atoms with E-state index in [1.165, 1.54) is 4.90 Å². The van der Waals surface area contributed by atoms with E-state index < -0.39 is 11.6 Å². The molecule has 16 heavy (non-hydrogen) atoms. The second-order valence-electron chi connectivity index (χ2n) is 3.15. The smallest absolute Gasteiger partial charge is 0.168 e. The highest BCUT2D eigenvalue weighted by molar-refractivity contribution is 5.47. The van der Waals surface area contributed by atoms with Crippen molar-refractivity contribution in [3.05, 3.63) is 17.7 Å². The van der Waals surface area contributed by atoms with Crippen LogP contribution in [0.4, 0.5) is 20.4 Å². The van der Waals surface area contributed by atoms with Gasteiger partial charge in [0.15, 0.2) is 23.3 Å². The molecule has 4 nitrogen and oxygen atoms in total. The molecular formula is C10H12F2N4. The van der Waals surface area contributed by atoms with E-state index in [2.05, 4.69) is 4.98 Å². The van der Waals surface area contributed by atoms with Crippen LogP contribution >= 0.6 is 0 Å². The van der Waals surface area contributed by atoms with Gasteiger partial charge in [0.2, 0.25) is 0 Å². The molecule has 0 bridgehead atoms. The van der Waals surface area contributed by atoms with Gasteiger partial charge < -0.3 is 10.6 Å². The van der Waals surface area contributed by atoms with Crippen LogP contribution in [0.5, 0.6) is 0 Å². The average Bonchev–Trinajstić information content (AvgIpc) is 2.26. The van der Waals surface area contributed by atoms with E-state index in [4.69, 9.17) is 11.0 Å². The van der Waals surface area contributed by atoms with Gasteiger partial charge in [0.05, 0.1) is 12.5 Å². The van der Waals surface area contributed by atoms with Crippen molar-refractivity contribution in [1.82, 2.24) is 4.98 Å². The zero-order chi connectivity index (χ0) is 12.1. The first-order valence-corrected chi connectivity index (χ1v) is 4.83. The Labute approximate surface area is 92.3 Å². The molecule has 2 N–H and O–H groups in total. The van der Waals surface area contributed by atoms with Crippen molar-refractivity contribution in [2.75, 3.05) is 23.7 Å².